The van der Waals surface area contributed by atoms with Gasteiger partial charge in [0.15, 0.2) is 16.9 Å². The summed E-state index contributed by atoms with van der Waals surface area (Å²) in [5.41, 5.74) is 5.75. The molecule has 0 fully saturated rings. The van der Waals surface area contributed by atoms with Crippen molar-refractivity contribution in [1.29, 1.82) is 0 Å². The van der Waals surface area contributed by atoms with Crippen LogP contribution in [0.25, 0.3) is 11.0 Å². The Morgan fingerprint density at radius 2 is 1.87 bits per heavy atom. The van der Waals surface area contributed by atoms with Crippen molar-refractivity contribution >= 4 is 22.8 Å². The Morgan fingerprint density at radius 3 is 2.61 bits per heavy atom. The molecule has 2 heterocycles. The molecule has 1 aliphatic rings. The number of carbonyl (C=O) groups is 2. The predicted octanol–water partition coefficient (Wildman–Crippen LogP) is 1.74. The number of nitrogens with one attached hydrogen (secondary N) is 1. The standard InChI is InChI=1S/C22H20N2O7/c1-11(22(23)28)24-20(26)7-13(14-6-18-19(8-16(14)25)31-10-30-18)15-9-29-17-5-3-2-4-12(17)21(15)27/h2-6,8-9,11,13,25H,7,10H2,1H3,(H2,23,28)(H,24,26)/t11-,13+/m1/s1. The van der Waals surface area contributed by atoms with Gasteiger partial charge in [-0.1, -0.05) is 12.1 Å². The van der Waals surface area contributed by atoms with Crippen LogP contribution in [0.2, 0.25) is 0 Å². The Labute approximate surface area is 176 Å². The summed E-state index contributed by atoms with van der Waals surface area (Å²) < 4.78 is 16.3. The van der Waals surface area contributed by atoms with Crippen LogP contribution in [0.15, 0.2) is 51.9 Å². The van der Waals surface area contributed by atoms with Gasteiger partial charge in [0.1, 0.15) is 17.4 Å². The zero-order valence-electron chi connectivity index (χ0n) is 16.6. The quantitative estimate of drug-likeness (QED) is 0.547. The summed E-state index contributed by atoms with van der Waals surface area (Å²) in [5.74, 6) is -1.53. The molecule has 0 bridgehead atoms. The predicted molar refractivity (Wildman–Crippen MR) is 110 cm³/mol. The molecule has 0 spiro atoms. The molecule has 31 heavy (non-hydrogen) atoms. The van der Waals surface area contributed by atoms with Crippen LogP contribution in [-0.4, -0.2) is 29.8 Å². The second kappa shape index (κ2) is 8.02. The molecule has 2 aromatic carbocycles. The van der Waals surface area contributed by atoms with Crippen molar-refractivity contribution in [2.45, 2.75) is 25.3 Å². The van der Waals surface area contributed by atoms with Gasteiger partial charge in [-0.2, -0.15) is 0 Å². The largest absolute Gasteiger partial charge is 0.508 e. The number of hydrogen-bond acceptors (Lipinski definition) is 7. The maximum absolute atomic E-state index is 13.2. The monoisotopic (exact) mass is 424 g/mol. The molecule has 0 saturated carbocycles. The lowest BCUT2D eigenvalue weighted by Gasteiger charge is -2.20. The molecule has 4 rings (SSSR count). The Bertz CT molecular complexity index is 1230. The van der Waals surface area contributed by atoms with Gasteiger partial charge >= 0.3 is 0 Å². The number of phenolic OH excluding ortho intramolecular Hbond substituents is 1. The fourth-order valence-electron chi connectivity index (χ4n) is 3.50. The maximum atomic E-state index is 13.2. The minimum absolute atomic E-state index is 0.00236. The number of hydrogen-bond donors (Lipinski definition) is 3. The number of nitrogens with two attached hydrogens (primary N) is 1. The van der Waals surface area contributed by atoms with Crippen LogP contribution in [0.3, 0.4) is 0 Å². The van der Waals surface area contributed by atoms with Gasteiger partial charge in [-0.15, -0.1) is 0 Å². The van der Waals surface area contributed by atoms with Crippen LogP contribution >= 0.6 is 0 Å². The third-order valence-corrected chi connectivity index (χ3v) is 5.17. The molecule has 2 amide bonds. The number of ether oxygens (including phenoxy) is 2. The molecule has 9 heteroatoms. The van der Waals surface area contributed by atoms with Crippen molar-refractivity contribution in [2.24, 2.45) is 5.73 Å². The first kappa shape index (κ1) is 20.3. The molecule has 0 radical (unpaired) electrons. The van der Waals surface area contributed by atoms with E-state index in [2.05, 4.69) is 5.32 Å². The summed E-state index contributed by atoms with van der Waals surface area (Å²) in [6.07, 6.45) is 1.04. The highest BCUT2D eigenvalue weighted by Gasteiger charge is 2.29. The van der Waals surface area contributed by atoms with Gasteiger partial charge in [0.05, 0.1) is 11.6 Å². The van der Waals surface area contributed by atoms with E-state index >= 15 is 0 Å². The molecule has 160 valence electrons. The third-order valence-electron chi connectivity index (χ3n) is 5.17. The lowest BCUT2D eigenvalue weighted by Crippen LogP contribution is -2.42. The van der Waals surface area contributed by atoms with Crippen LogP contribution in [0.1, 0.15) is 30.4 Å². The number of fused-ring (bicyclic) bond motifs is 2. The lowest BCUT2D eigenvalue weighted by molar-refractivity contribution is -0.127. The Hall–Kier alpha value is -4.01. The second-order valence-electron chi connectivity index (χ2n) is 7.23. The van der Waals surface area contributed by atoms with Gasteiger partial charge in [-0.3, -0.25) is 14.4 Å². The summed E-state index contributed by atoms with van der Waals surface area (Å²) in [4.78, 5) is 37.2. The van der Waals surface area contributed by atoms with E-state index in [1.165, 1.54) is 25.3 Å². The number of para-hydroxylation sites is 1. The topological polar surface area (TPSA) is 141 Å². The average Bonchev–Trinajstić information content (AvgIpc) is 3.19. The summed E-state index contributed by atoms with van der Waals surface area (Å²) in [7, 11) is 0. The van der Waals surface area contributed by atoms with Gasteiger partial charge in [-0.25, -0.2) is 0 Å². The number of aromatic hydroxyl groups is 1. The minimum Gasteiger partial charge on any atom is -0.508 e. The maximum Gasteiger partial charge on any atom is 0.239 e. The molecule has 4 N–H and O–H groups in total. The smallest absolute Gasteiger partial charge is 0.239 e. The first-order chi connectivity index (χ1) is 14.8. The number of primary amides is 1. The Morgan fingerprint density at radius 1 is 1.16 bits per heavy atom. The highest BCUT2D eigenvalue weighted by atomic mass is 16.7. The first-order valence-corrected chi connectivity index (χ1v) is 9.56. The van der Waals surface area contributed by atoms with Crippen molar-refractivity contribution in [1.82, 2.24) is 5.32 Å². The van der Waals surface area contributed by atoms with Gasteiger partial charge in [0.25, 0.3) is 0 Å². The Kier molecular flexibility index (Phi) is 5.24. The van der Waals surface area contributed by atoms with Crippen molar-refractivity contribution in [3.8, 4) is 17.2 Å². The summed E-state index contributed by atoms with van der Waals surface area (Å²) in [6.45, 7) is 1.45. The van der Waals surface area contributed by atoms with Crippen molar-refractivity contribution in [3.05, 3.63) is 64.0 Å². The molecule has 0 saturated heterocycles. The van der Waals surface area contributed by atoms with E-state index in [0.717, 1.165) is 0 Å². The summed E-state index contributed by atoms with van der Waals surface area (Å²) in [6, 6.07) is 8.73. The molecule has 3 aromatic rings. The van der Waals surface area contributed by atoms with E-state index < -0.39 is 23.8 Å². The van der Waals surface area contributed by atoms with Crippen LogP contribution in [-0.2, 0) is 9.59 Å². The van der Waals surface area contributed by atoms with Crippen molar-refractivity contribution in [3.63, 3.8) is 0 Å². The van der Waals surface area contributed by atoms with Gasteiger partial charge in [0.2, 0.25) is 18.6 Å². The molecule has 2 atom stereocenters. The van der Waals surface area contributed by atoms with Crippen molar-refractivity contribution < 1.29 is 28.6 Å². The average molecular weight is 424 g/mol. The number of amides is 2. The van der Waals surface area contributed by atoms with E-state index in [4.69, 9.17) is 19.6 Å². The highest BCUT2D eigenvalue weighted by Crippen LogP contribution is 2.42. The number of carbonyl (C=O) groups excluding carboxylic acids is 2. The number of phenols is 1. The fraction of sp³-hybridized carbons (Fsp3) is 0.227. The number of rotatable bonds is 6. The van der Waals surface area contributed by atoms with Gasteiger partial charge < -0.3 is 30.0 Å². The van der Waals surface area contributed by atoms with Crippen LogP contribution in [0, 0.1) is 0 Å². The second-order valence-corrected chi connectivity index (χ2v) is 7.23. The summed E-state index contributed by atoms with van der Waals surface area (Å²) >= 11 is 0. The zero-order valence-corrected chi connectivity index (χ0v) is 16.6. The third kappa shape index (κ3) is 3.89. The molecular weight excluding hydrogens is 404 g/mol. The first-order valence-electron chi connectivity index (χ1n) is 9.56. The molecule has 0 aliphatic carbocycles. The van der Waals surface area contributed by atoms with Crippen LogP contribution in [0.4, 0.5) is 0 Å². The van der Waals surface area contributed by atoms with Gasteiger partial charge in [-0.05, 0) is 25.1 Å². The van der Waals surface area contributed by atoms with E-state index in [-0.39, 0.29) is 35.5 Å². The highest BCUT2D eigenvalue weighted by molar-refractivity contribution is 5.87. The number of benzene rings is 2. The fourth-order valence-corrected chi connectivity index (χ4v) is 3.50. The lowest BCUT2D eigenvalue weighted by atomic mass is 9.87. The van der Waals surface area contributed by atoms with E-state index in [1.807, 2.05) is 0 Å². The molecule has 9 nitrogen and oxygen atoms in total. The molecule has 1 aliphatic heterocycles. The summed E-state index contributed by atoms with van der Waals surface area (Å²) in [5, 5.41) is 13.5. The zero-order chi connectivity index (χ0) is 22.1. The van der Waals surface area contributed by atoms with Gasteiger partial charge in [0, 0.05) is 29.5 Å². The van der Waals surface area contributed by atoms with Crippen molar-refractivity contribution in [2.75, 3.05) is 6.79 Å². The normalized spacial score (nSPS) is 14.2. The van der Waals surface area contributed by atoms with Crippen LogP contribution in [0.5, 0.6) is 17.2 Å². The minimum atomic E-state index is -0.897. The van der Waals surface area contributed by atoms with E-state index in [0.29, 0.717) is 22.5 Å². The Balaban J connectivity index is 1.81. The van der Waals surface area contributed by atoms with E-state index in [9.17, 15) is 19.5 Å². The molecule has 0 unspecified atom stereocenters. The molecule has 1 aromatic heterocycles. The van der Waals surface area contributed by atoms with Crippen LogP contribution < -0.4 is 26.0 Å². The van der Waals surface area contributed by atoms with E-state index in [1.54, 1.807) is 24.3 Å². The molecular formula is C22H20N2O7. The SMILES string of the molecule is C[C@@H](NC(=O)C[C@@H](c1cc2c(cc1O)OCO2)c1coc2ccccc2c1=O)C(N)=O.